The molecule has 150 valence electrons. The van der Waals surface area contributed by atoms with Gasteiger partial charge >= 0.3 is 0 Å². The first-order valence-corrected chi connectivity index (χ1v) is 12.0. The first-order chi connectivity index (χ1) is 13.2. The van der Waals surface area contributed by atoms with Crippen LogP contribution in [0.15, 0.2) is 36.4 Å². The van der Waals surface area contributed by atoms with Gasteiger partial charge in [-0.3, -0.25) is 0 Å². The second-order valence-corrected chi connectivity index (χ2v) is 11.3. The van der Waals surface area contributed by atoms with E-state index in [2.05, 4.69) is 32.0 Å². The third kappa shape index (κ3) is 3.62. The molecule has 2 aromatic carbocycles. The molecule has 1 atom stereocenters. The lowest BCUT2D eigenvalue weighted by molar-refractivity contribution is 0.362. The average molecular weight is 418 g/mol. The van der Waals surface area contributed by atoms with Gasteiger partial charge < -0.3 is 0 Å². The van der Waals surface area contributed by atoms with Crippen molar-refractivity contribution in [2.75, 3.05) is 6.54 Å². The Bertz CT molecular complexity index is 1010. The van der Waals surface area contributed by atoms with Gasteiger partial charge in [-0.05, 0) is 71.4 Å². The number of sulfonamides is 1. The molecule has 0 aromatic heterocycles. The molecule has 2 aliphatic rings. The molecule has 3 nitrogen and oxygen atoms in total. The minimum atomic E-state index is -3.39. The summed E-state index contributed by atoms with van der Waals surface area (Å²) in [4.78, 5) is 0. The highest BCUT2D eigenvalue weighted by Crippen LogP contribution is 2.46. The van der Waals surface area contributed by atoms with Gasteiger partial charge in [0, 0.05) is 18.1 Å². The standard InChI is InChI=1S/C23H28ClNO2S/c1-16-13-17(7-8-21(16)24)15-28(26,27)25-12-10-18-9-11-23(2,3)20-6-4-5-19(14-25)22(18)20/h4-8,13,18H,9-12,14-15H2,1-3H3. The Morgan fingerprint density at radius 2 is 1.96 bits per heavy atom. The summed E-state index contributed by atoms with van der Waals surface area (Å²) in [5, 5.41) is 0.668. The second kappa shape index (κ2) is 7.16. The van der Waals surface area contributed by atoms with Gasteiger partial charge in [-0.15, -0.1) is 0 Å². The first kappa shape index (κ1) is 19.9. The number of hydrogen-bond acceptors (Lipinski definition) is 2. The monoisotopic (exact) mass is 417 g/mol. The maximum Gasteiger partial charge on any atom is 0.218 e. The van der Waals surface area contributed by atoms with Crippen molar-refractivity contribution in [3.63, 3.8) is 0 Å². The molecule has 0 fully saturated rings. The zero-order chi connectivity index (χ0) is 20.1. The molecule has 5 heteroatoms. The fourth-order valence-electron chi connectivity index (χ4n) is 4.83. The van der Waals surface area contributed by atoms with Gasteiger partial charge in [-0.25, -0.2) is 8.42 Å². The third-order valence-electron chi connectivity index (χ3n) is 6.49. The van der Waals surface area contributed by atoms with Crippen LogP contribution in [0.1, 0.15) is 66.8 Å². The largest absolute Gasteiger partial charge is 0.218 e. The lowest BCUT2D eigenvalue weighted by atomic mass is 9.67. The number of benzene rings is 2. The topological polar surface area (TPSA) is 37.4 Å². The summed E-state index contributed by atoms with van der Waals surface area (Å²) in [6.45, 7) is 7.59. The van der Waals surface area contributed by atoms with Gasteiger partial charge in [0.25, 0.3) is 0 Å². The van der Waals surface area contributed by atoms with Gasteiger partial charge in [-0.2, -0.15) is 4.31 Å². The maximum absolute atomic E-state index is 13.2. The molecule has 1 aliphatic carbocycles. The molecule has 0 N–H and O–H groups in total. The van der Waals surface area contributed by atoms with E-state index in [9.17, 15) is 8.42 Å². The van der Waals surface area contributed by atoms with E-state index in [4.69, 9.17) is 11.6 Å². The van der Waals surface area contributed by atoms with E-state index in [0.717, 1.165) is 30.4 Å². The summed E-state index contributed by atoms with van der Waals surface area (Å²) < 4.78 is 28.2. The molecule has 0 saturated carbocycles. The molecule has 1 aliphatic heterocycles. The molecule has 1 unspecified atom stereocenters. The van der Waals surface area contributed by atoms with Crippen LogP contribution in [0.4, 0.5) is 0 Å². The minimum absolute atomic E-state index is 0.0240. The molecule has 28 heavy (non-hydrogen) atoms. The highest BCUT2D eigenvalue weighted by atomic mass is 35.5. The minimum Gasteiger partial charge on any atom is -0.212 e. The van der Waals surface area contributed by atoms with Crippen molar-refractivity contribution in [2.24, 2.45) is 0 Å². The van der Waals surface area contributed by atoms with Crippen molar-refractivity contribution >= 4 is 21.6 Å². The highest BCUT2D eigenvalue weighted by molar-refractivity contribution is 7.88. The van der Waals surface area contributed by atoms with Crippen LogP contribution in [-0.2, 0) is 27.7 Å². The van der Waals surface area contributed by atoms with Crippen LogP contribution < -0.4 is 0 Å². The normalized spacial score (nSPS) is 21.8. The molecule has 2 aromatic rings. The Morgan fingerprint density at radius 1 is 1.18 bits per heavy atom. The highest BCUT2D eigenvalue weighted by Gasteiger charge is 2.37. The molecule has 0 radical (unpaired) electrons. The number of nitrogens with zero attached hydrogens (tertiary/aromatic N) is 1. The van der Waals surface area contributed by atoms with Crippen LogP contribution in [0, 0.1) is 6.92 Å². The van der Waals surface area contributed by atoms with Crippen molar-refractivity contribution in [3.8, 4) is 0 Å². The zero-order valence-corrected chi connectivity index (χ0v) is 18.4. The van der Waals surface area contributed by atoms with Gasteiger partial charge in [0.1, 0.15) is 0 Å². The summed E-state index contributed by atoms with van der Waals surface area (Å²) in [7, 11) is -3.39. The van der Waals surface area contributed by atoms with Crippen LogP contribution in [0.25, 0.3) is 0 Å². The van der Waals surface area contributed by atoms with Crippen molar-refractivity contribution in [3.05, 3.63) is 69.2 Å². The van der Waals surface area contributed by atoms with E-state index in [1.165, 1.54) is 16.7 Å². The summed E-state index contributed by atoms with van der Waals surface area (Å²) >= 11 is 6.09. The quantitative estimate of drug-likeness (QED) is 0.657. The maximum atomic E-state index is 13.2. The molecule has 1 heterocycles. The predicted octanol–water partition coefficient (Wildman–Crippen LogP) is 5.54. The Morgan fingerprint density at radius 3 is 2.71 bits per heavy atom. The fourth-order valence-corrected chi connectivity index (χ4v) is 6.45. The van der Waals surface area contributed by atoms with Gasteiger partial charge in [0.15, 0.2) is 0 Å². The van der Waals surface area contributed by atoms with Gasteiger partial charge in [-0.1, -0.05) is 55.8 Å². The van der Waals surface area contributed by atoms with E-state index in [1.807, 2.05) is 19.1 Å². The van der Waals surface area contributed by atoms with E-state index in [-0.39, 0.29) is 11.2 Å². The van der Waals surface area contributed by atoms with E-state index >= 15 is 0 Å². The summed E-state index contributed by atoms with van der Waals surface area (Å²) in [5.41, 5.74) is 5.88. The van der Waals surface area contributed by atoms with Gasteiger partial charge in [0.05, 0.1) is 5.75 Å². The Labute approximate surface area is 173 Å². The van der Waals surface area contributed by atoms with E-state index in [1.54, 1.807) is 10.4 Å². The van der Waals surface area contributed by atoms with Crippen LogP contribution in [0.3, 0.4) is 0 Å². The lowest BCUT2D eigenvalue weighted by Gasteiger charge is -2.37. The fraction of sp³-hybridized carbons (Fsp3) is 0.478. The van der Waals surface area contributed by atoms with E-state index < -0.39 is 10.0 Å². The van der Waals surface area contributed by atoms with Crippen LogP contribution in [0.5, 0.6) is 0 Å². The Balaban J connectivity index is 1.65. The first-order valence-electron chi connectivity index (χ1n) is 10.0. The molecule has 0 amide bonds. The molecule has 4 rings (SSSR count). The second-order valence-electron chi connectivity index (χ2n) is 8.96. The lowest BCUT2D eigenvalue weighted by Crippen LogP contribution is -2.32. The van der Waals surface area contributed by atoms with Crippen molar-refractivity contribution in [2.45, 2.75) is 63.7 Å². The van der Waals surface area contributed by atoms with E-state index in [0.29, 0.717) is 24.0 Å². The van der Waals surface area contributed by atoms with Crippen molar-refractivity contribution in [1.29, 1.82) is 0 Å². The third-order valence-corrected chi connectivity index (χ3v) is 8.71. The average Bonchev–Trinajstić information content (AvgIpc) is 2.82. The number of rotatable bonds is 3. The molecule has 0 saturated heterocycles. The molecular weight excluding hydrogens is 390 g/mol. The summed E-state index contributed by atoms with van der Waals surface area (Å²) in [5.74, 6) is 0.494. The number of aryl methyl sites for hydroxylation is 1. The van der Waals surface area contributed by atoms with Crippen LogP contribution >= 0.6 is 11.6 Å². The Hall–Kier alpha value is -1.36. The molecular formula is C23H28ClNO2S. The Kier molecular flexibility index (Phi) is 5.09. The molecule has 0 bridgehead atoms. The number of hydrogen-bond donors (Lipinski definition) is 0. The van der Waals surface area contributed by atoms with Crippen LogP contribution in [-0.4, -0.2) is 19.3 Å². The predicted molar refractivity (Wildman–Crippen MR) is 115 cm³/mol. The van der Waals surface area contributed by atoms with Gasteiger partial charge in [0.2, 0.25) is 10.0 Å². The number of halogens is 1. The van der Waals surface area contributed by atoms with Crippen LogP contribution in [0.2, 0.25) is 5.02 Å². The summed E-state index contributed by atoms with van der Waals surface area (Å²) in [6.07, 6.45) is 3.20. The SMILES string of the molecule is Cc1cc(CS(=O)(=O)N2CCC3CCC(C)(C)c4cccc(c43)C2)ccc1Cl. The smallest absolute Gasteiger partial charge is 0.212 e. The zero-order valence-electron chi connectivity index (χ0n) is 16.8. The summed E-state index contributed by atoms with van der Waals surface area (Å²) in [6, 6.07) is 11.9. The van der Waals surface area contributed by atoms with Crippen molar-refractivity contribution < 1.29 is 8.42 Å². The molecule has 0 spiro atoms. The van der Waals surface area contributed by atoms with Crippen molar-refractivity contribution in [1.82, 2.24) is 4.31 Å².